The molecule has 1 saturated heterocycles. The van der Waals surface area contributed by atoms with Crippen molar-refractivity contribution in [1.29, 1.82) is 0 Å². The van der Waals surface area contributed by atoms with Crippen LogP contribution in [0.15, 0.2) is 24.3 Å². The zero-order valence-electron chi connectivity index (χ0n) is 11.5. The summed E-state index contributed by atoms with van der Waals surface area (Å²) in [6, 6.07) is 5.78. The van der Waals surface area contributed by atoms with Crippen LogP contribution in [0.1, 0.15) is 30.9 Å². The van der Waals surface area contributed by atoms with E-state index in [1.54, 1.807) is 6.07 Å². The number of alkyl halides is 3. The van der Waals surface area contributed by atoms with E-state index in [2.05, 4.69) is 12.2 Å². The molecular weight excluding hydrogens is 267 g/mol. The lowest BCUT2D eigenvalue weighted by Gasteiger charge is -2.28. The molecule has 5 heteroatoms. The average molecular weight is 287 g/mol. The maximum Gasteiger partial charge on any atom is 0.416 e. The van der Waals surface area contributed by atoms with Gasteiger partial charge < -0.3 is 10.1 Å². The first-order valence-electron chi connectivity index (χ1n) is 6.94. The second kappa shape index (κ2) is 6.59. The van der Waals surface area contributed by atoms with Crippen LogP contribution in [0.2, 0.25) is 0 Å². The molecule has 0 radical (unpaired) electrons. The average Bonchev–Trinajstić information content (AvgIpc) is 2.45. The highest BCUT2D eigenvalue weighted by Gasteiger charge is 2.30. The van der Waals surface area contributed by atoms with Crippen molar-refractivity contribution in [3.05, 3.63) is 35.4 Å². The number of hydrogen-bond donors (Lipinski definition) is 1. The van der Waals surface area contributed by atoms with Crippen LogP contribution in [-0.2, 0) is 17.5 Å². The maximum absolute atomic E-state index is 12.6. The van der Waals surface area contributed by atoms with Crippen molar-refractivity contribution in [3.63, 3.8) is 0 Å². The lowest BCUT2D eigenvalue weighted by molar-refractivity contribution is -0.137. The summed E-state index contributed by atoms with van der Waals surface area (Å²) in [4.78, 5) is 0. The first-order valence-corrected chi connectivity index (χ1v) is 6.94. The second-order valence-corrected chi connectivity index (χ2v) is 5.32. The molecule has 112 valence electrons. The molecule has 0 spiro atoms. The molecule has 20 heavy (non-hydrogen) atoms. The Morgan fingerprint density at radius 1 is 1.30 bits per heavy atom. The summed E-state index contributed by atoms with van der Waals surface area (Å²) < 4.78 is 43.2. The number of ether oxygens (including phenoxy) is 1. The Kier molecular flexibility index (Phi) is 5.05. The Bertz CT molecular complexity index is 427. The standard InChI is InChI=1S/C15H20F3NO/c1-11(13-5-7-20-8-6-13)19-10-12-3-2-4-14(9-12)15(16,17)18/h2-4,9,11,13,19H,5-8,10H2,1H3. The highest BCUT2D eigenvalue weighted by atomic mass is 19.4. The largest absolute Gasteiger partial charge is 0.416 e. The fraction of sp³-hybridized carbons (Fsp3) is 0.600. The summed E-state index contributed by atoms with van der Waals surface area (Å²) in [6.07, 6.45) is -2.25. The van der Waals surface area contributed by atoms with Crippen molar-refractivity contribution in [2.24, 2.45) is 5.92 Å². The van der Waals surface area contributed by atoms with Gasteiger partial charge in [0.1, 0.15) is 0 Å². The summed E-state index contributed by atoms with van der Waals surface area (Å²) in [5.41, 5.74) is 0.0780. The van der Waals surface area contributed by atoms with Crippen LogP contribution in [0.25, 0.3) is 0 Å². The van der Waals surface area contributed by atoms with Crippen LogP contribution in [-0.4, -0.2) is 19.3 Å². The van der Waals surface area contributed by atoms with E-state index in [4.69, 9.17) is 4.74 Å². The molecule has 1 atom stereocenters. The molecule has 1 N–H and O–H groups in total. The fourth-order valence-corrected chi connectivity index (χ4v) is 2.52. The van der Waals surface area contributed by atoms with Gasteiger partial charge in [-0.3, -0.25) is 0 Å². The van der Waals surface area contributed by atoms with Gasteiger partial charge in [0.25, 0.3) is 0 Å². The van der Waals surface area contributed by atoms with Gasteiger partial charge >= 0.3 is 6.18 Å². The highest BCUT2D eigenvalue weighted by molar-refractivity contribution is 5.25. The van der Waals surface area contributed by atoms with Gasteiger partial charge in [0.05, 0.1) is 5.56 Å². The zero-order valence-corrected chi connectivity index (χ0v) is 11.5. The fourth-order valence-electron chi connectivity index (χ4n) is 2.52. The normalized spacial score (nSPS) is 19.0. The van der Waals surface area contributed by atoms with Gasteiger partial charge in [0.15, 0.2) is 0 Å². The molecular formula is C15H20F3NO. The van der Waals surface area contributed by atoms with E-state index < -0.39 is 11.7 Å². The van der Waals surface area contributed by atoms with Gasteiger partial charge in [-0.25, -0.2) is 0 Å². The molecule has 1 aromatic rings. The summed E-state index contributed by atoms with van der Waals surface area (Å²) in [7, 11) is 0. The minimum atomic E-state index is -4.28. The minimum Gasteiger partial charge on any atom is -0.381 e. The van der Waals surface area contributed by atoms with Gasteiger partial charge in [-0.2, -0.15) is 13.2 Å². The SMILES string of the molecule is CC(NCc1cccc(C(F)(F)F)c1)C1CCOCC1. The molecule has 1 aliphatic heterocycles. The number of benzene rings is 1. The Balaban J connectivity index is 1.90. The third kappa shape index (κ3) is 4.21. The van der Waals surface area contributed by atoms with E-state index in [9.17, 15) is 13.2 Å². The van der Waals surface area contributed by atoms with Gasteiger partial charge in [-0.1, -0.05) is 18.2 Å². The molecule has 2 rings (SSSR count). The predicted molar refractivity (Wildman–Crippen MR) is 71.3 cm³/mol. The smallest absolute Gasteiger partial charge is 0.381 e. The van der Waals surface area contributed by atoms with Crippen molar-refractivity contribution < 1.29 is 17.9 Å². The number of hydrogen-bond acceptors (Lipinski definition) is 2. The third-order valence-corrected chi connectivity index (χ3v) is 3.86. The zero-order chi connectivity index (χ0) is 14.6. The summed E-state index contributed by atoms with van der Waals surface area (Å²) in [5.74, 6) is 0.537. The van der Waals surface area contributed by atoms with E-state index in [1.165, 1.54) is 12.1 Å². The van der Waals surface area contributed by atoms with Crippen LogP contribution >= 0.6 is 0 Å². The van der Waals surface area contributed by atoms with Crippen LogP contribution in [0.3, 0.4) is 0 Å². The van der Waals surface area contributed by atoms with E-state index in [0.29, 0.717) is 18.0 Å². The van der Waals surface area contributed by atoms with Gasteiger partial charge in [-0.15, -0.1) is 0 Å². The molecule has 1 aliphatic rings. The molecule has 2 nitrogen and oxygen atoms in total. The Hall–Kier alpha value is -1.07. The maximum atomic E-state index is 12.6. The van der Waals surface area contributed by atoms with Gasteiger partial charge in [0.2, 0.25) is 0 Å². The molecule has 0 bridgehead atoms. The van der Waals surface area contributed by atoms with Crippen molar-refractivity contribution in [3.8, 4) is 0 Å². The molecule has 0 saturated carbocycles. The van der Waals surface area contributed by atoms with Crippen molar-refractivity contribution in [2.45, 2.75) is 38.5 Å². The van der Waals surface area contributed by atoms with Crippen LogP contribution < -0.4 is 5.32 Å². The number of rotatable bonds is 4. The second-order valence-electron chi connectivity index (χ2n) is 5.32. The Labute approximate surface area is 117 Å². The molecule has 0 aromatic heterocycles. The Morgan fingerprint density at radius 2 is 2.00 bits per heavy atom. The van der Waals surface area contributed by atoms with E-state index in [1.807, 2.05) is 0 Å². The lowest BCUT2D eigenvalue weighted by Crippen LogP contribution is -2.36. The van der Waals surface area contributed by atoms with Crippen molar-refractivity contribution >= 4 is 0 Å². The van der Waals surface area contributed by atoms with Crippen molar-refractivity contribution in [1.82, 2.24) is 5.32 Å². The van der Waals surface area contributed by atoms with Gasteiger partial charge in [0, 0.05) is 25.8 Å². The van der Waals surface area contributed by atoms with Crippen LogP contribution in [0, 0.1) is 5.92 Å². The first-order chi connectivity index (χ1) is 9.47. The summed E-state index contributed by atoms with van der Waals surface area (Å²) >= 11 is 0. The molecule has 1 heterocycles. The summed E-state index contributed by atoms with van der Waals surface area (Å²) in [6.45, 7) is 4.10. The van der Waals surface area contributed by atoms with Crippen molar-refractivity contribution in [2.75, 3.05) is 13.2 Å². The third-order valence-electron chi connectivity index (χ3n) is 3.86. The number of nitrogens with one attached hydrogen (secondary N) is 1. The summed E-state index contributed by atoms with van der Waals surface area (Å²) in [5, 5.41) is 3.32. The van der Waals surface area contributed by atoms with E-state index in [-0.39, 0.29) is 6.04 Å². The Morgan fingerprint density at radius 3 is 2.65 bits per heavy atom. The monoisotopic (exact) mass is 287 g/mol. The predicted octanol–water partition coefficient (Wildman–Crippen LogP) is 3.61. The van der Waals surface area contributed by atoms with Gasteiger partial charge in [-0.05, 0) is 37.3 Å². The molecule has 0 amide bonds. The minimum absolute atomic E-state index is 0.286. The highest BCUT2D eigenvalue weighted by Crippen LogP contribution is 2.29. The molecule has 1 aromatic carbocycles. The molecule has 1 fully saturated rings. The van der Waals surface area contributed by atoms with E-state index in [0.717, 1.165) is 32.1 Å². The van der Waals surface area contributed by atoms with Crippen LogP contribution in [0.4, 0.5) is 13.2 Å². The quantitative estimate of drug-likeness (QED) is 0.913. The molecule has 1 unspecified atom stereocenters. The topological polar surface area (TPSA) is 21.3 Å². The lowest BCUT2D eigenvalue weighted by atomic mass is 9.93. The molecule has 0 aliphatic carbocycles. The number of halogens is 3. The van der Waals surface area contributed by atoms with E-state index >= 15 is 0 Å². The first kappa shape index (κ1) is 15.3. The van der Waals surface area contributed by atoms with Crippen LogP contribution in [0.5, 0.6) is 0 Å².